The van der Waals surface area contributed by atoms with Gasteiger partial charge in [0.05, 0.1) is 10.2 Å². The molecule has 0 atom stereocenters. The quantitative estimate of drug-likeness (QED) is 0.501. The van der Waals surface area contributed by atoms with Crippen LogP contribution in [0, 0.1) is 0 Å². The van der Waals surface area contributed by atoms with Crippen LogP contribution in [0.15, 0.2) is 48.5 Å². The number of para-hydroxylation sites is 1. The van der Waals surface area contributed by atoms with Crippen LogP contribution in [-0.4, -0.2) is 21.9 Å². The lowest BCUT2D eigenvalue weighted by Gasteiger charge is -2.04. The van der Waals surface area contributed by atoms with Crippen LogP contribution < -0.4 is 10.6 Å². The fraction of sp³-hybridized carbons (Fsp3) is 0. The molecule has 1 heterocycles. The van der Waals surface area contributed by atoms with Crippen LogP contribution in [-0.2, 0) is 9.59 Å². The molecule has 2 amide bonds. The topological polar surface area (TPSA) is 91.3 Å². The number of aromatic nitrogens is 1. The molecule has 0 radical (unpaired) electrons. The van der Waals surface area contributed by atoms with Crippen molar-refractivity contribution in [2.75, 3.05) is 10.6 Å². The number of hydrogen-bond donors (Lipinski definition) is 3. The second kappa shape index (κ2) is 5.82. The maximum absolute atomic E-state index is 11.9. The Hall–Kier alpha value is -2.93. The van der Waals surface area contributed by atoms with E-state index in [1.165, 1.54) is 35.6 Å². The standard InChI is InChI=1S/C15H11N3O3S/c19-10-7-5-9(6-8-10)16-13(20)14(21)18-15-17-11-3-1-2-4-12(11)22-15/h1-8,19H,(H,16,20)(H,17,18,21). The molecule has 0 bridgehead atoms. The Labute approximate surface area is 129 Å². The molecule has 1 aromatic heterocycles. The summed E-state index contributed by atoms with van der Waals surface area (Å²) in [5.74, 6) is -1.52. The number of phenols is 1. The van der Waals surface area contributed by atoms with Crippen molar-refractivity contribution >= 4 is 44.2 Å². The van der Waals surface area contributed by atoms with Gasteiger partial charge in [0.15, 0.2) is 5.13 Å². The summed E-state index contributed by atoms with van der Waals surface area (Å²) < 4.78 is 0.928. The van der Waals surface area contributed by atoms with E-state index in [1.54, 1.807) is 0 Å². The van der Waals surface area contributed by atoms with Gasteiger partial charge in [0.2, 0.25) is 0 Å². The summed E-state index contributed by atoms with van der Waals surface area (Å²) in [6.45, 7) is 0. The monoisotopic (exact) mass is 313 g/mol. The van der Waals surface area contributed by atoms with Gasteiger partial charge in [-0.1, -0.05) is 23.5 Å². The van der Waals surface area contributed by atoms with Gasteiger partial charge in [-0.3, -0.25) is 14.9 Å². The van der Waals surface area contributed by atoms with E-state index >= 15 is 0 Å². The first kappa shape index (κ1) is 14.0. The van der Waals surface area contributed by atoms with Crippen LogP contribution in [0.3, 0.4) is 0 Å². The van der Waals surface area contributed by atoms with E-state index in [0.29, 0.717) is 10.8 Å². The lowest BCUT2D eigenvalue weighted by atomic mass is 10.3. The number of amides is 2. The Kier molecular flexibility index (Phi) is 3.71. The van der Waals surface area contributed by atoms with E-state index < -0.39 is 11.8 Å². The molecule has 3 N–H and O–H groups in total. The van der Waals surface area contributed by atoms with Gasteiger partial charge in [-0.25, -0.2) is 4.98 Å². The Morgan fingerprint density at radius 3 is 2.36 bits per heavy atom. The summed E-state index contributed by atoms with van der Waals surface area (Å²) in [7, 11) is 0. The highest BCUT2D eigenvalue weighted by molar-refractivity contribution is 7.22. The number of nitrogens with one attached hydrogen (secondary N) is 2. The van der Waals surface area contributed by atoms with Gasteiger partial charge >= 0.3 is 11.8 Å². The Bertz CT molecular complexity index is 810. The predicted molar refractivity (Wildman–Crippen MR) is 85.0 cm³/mol. The van der Waals surface area contributed by atoms with E-state index in [9.17, 15) is 9.59 Å². The molecule has 3 rings (SSSR count). The SMILES string of the molecule is O=C(Nc1ccc(O)cc1)C(=O)Nc1nc2ccccc2s1. The fourth-order valence-corrected chi connectivity index (χ4v) is 2.67. The van der Waals surface area contributed by atoms with Crippen molar-refractivity contribution in [1.82, 2.24) is 4.98 Å². The van der Waals surface area contributed by atoms with Crippen molar-refractivity contribution < 1.29 is 14.7 Å². The van der Waals surface area contributed by atoms with Crippen LogP contribution in [0.2, 0.25) is 0 Å². The number of fused-ring (bicyclic) bond motifs is 1. The van der Waals surface area contributed by atoms with Crippen LogP contribution >= 0.6 is 11.3 Å². The van der Waals surface area contributed by atoms with Gasteiger partial charge < -0.3 is 10.4 Å². The highest BCUT2D eigenvalue weighted by Gasteiger charge is 2.16. The number of carbonyl (C=O) groups excluding carboxylic acids is 2. The zero-order valence-corrected chi connectivity index (χ0v) is 12.1. The van der Waals surface area contributed by atoms with Crippen molar-refractivity contribution in [2.24, 2.45) is 0 Å². The van der Waals surface area contributed by atoms with Crippen molar-refractivity contribution in [1.29, 1.82) is 0 Å². The zero-order chi connectivity index (χ0) is 15.5. The van der Waals surface area contributed by atoms with Crippen LogP contribution in [0.4, 0.5) is 10.8 Å². The van der Waals surface area contributed by atoms with Crippen molar-refractivity contribution in [3.63, 3.8) is 0 Å². The van der Waals surface area contributed by atoms with Gasteiger partial charge in [-0.05, 0) is 36.4 Å². The molecule has 6 nitrogen and oxygen atoms in total. The van der Waals surface area contributed by atoms with E-state index in [-0.39, 0.29) is 5.75 Å². The van der Waals surface area contributed by atoms with E-state index in [1.807, 2.05) is 24.3 Å². The van der Waals surface area contributed by atoms with Gasteiger partial charge in [-0.15, -0.1) is 0 Å². The van der Waals surface area contributed by atoms with Gasteiger partial charge in [0, 0.05) is 5.69 Å². The number of thiazole rings is 1. The minimum absolute atomic E-state index is 0.0805. The molecule has 0 fully saturated rings. The molecule has 22 heavy (non-hydrogen) atoms. The molecule has 0 aliphatic carbocycles. The Morgan fingerprint density at radius 2 is 1.64 bits per heavy atom. The van der Waals surface area contributed by atoms with E-state index in [4.69, 9.17) is 5.11 Å². The fourth-order valence-electron chi connectivity index (χ4n) is 1.81. The molecule has 2 aromatic carbocycles. The highest BCUT2D eigenvalue weighted by atomic mass is 32.1. The number of nitrogens with zero attached hydrogens (tertiary/aromatic N) is 1. The minimum Gasteiger partial charge on any atom is -0.508 e. The maximum atomic E-state index is 11.9. The number of rotatable bonds is 2. The second-order valence-electron chi connectivity index (χ2n) is 4.44. The number of hydrogen-bond acceptors (Lipinski definition) is 5. The third kappa shape index (κ3) is 3.04. The Morgan fingerprint density at radius 1 is 0.955 bits per heavy atom. The average Bonchev–Trinajstić information content (AvgIpc) is 2.91. The third-order valence-corrected chi connectivity index (χ3v) is 3.80. The first-order valence-corrected chi connectivity index (χ1v) is 7.20. The van der Waals surface area contributed by atoms with Crippen LogP contribution in [0.5, 0.6) is 5.75 Å². The third-order valence-electron chi connectivity index (χ3n) is 2.85. The zero-order valence-electron chi connectivity index (χ0n) is 11.2. The molecule has 0 aliphatic rings. The normalized spacial score (nSPS) is 10.4. The molecule has 0 unspecified atom stereocenters. The summed E-state index contributed by atoms with van der Waals surface area (Å²) in [6.07, 6.45) is 0. The molecule has 0 spiro atoms. The first-order chi connectivity index (χ1) is 10.6. The number of aromatic hydroxyl groups is 1. The van der Waals surface area contributed by atoms with Crippen molar-refractivity contribution in [3.8, 4) is 5.75 Å². The lowest BCUT2D eigenvalue weighted by molar-refractivity contribution is -0.132. The summed E-state index contributed by atoms with van der Waals surface area (Å²) in [4.78, 5) is 27.9. The summed E-state index contributed by atoms with van der Waals surface area (Å²) in [6, 6.07) is 13.3. The summed E-state index contributed by atoms with van der Waals surface area (Å²) in [5.41, 5.74) is 1.18. The molecule has 0 saturated heterocycles. The van der Waals surface area contributed by atoms with Crippen LogP contribution in [0.25, 0.3) is 10.2 Å². The molecule has 0 aliphatic heterocycles. The lowest BCUT2D eigenvalue weighted by Crippen LogP contribution is -2.28. The van der Waals surface area contributed by atoms with Gasteiger partial charge in [0.1, 0.15) is 5.75 Å². The number of phenolic OH excluding ortho intramolecular Hbond substituents is 1. The second-order valence-corrected chi connectivity index (χ2v) is 5.47. The van der Waals surface area contributed by atoms with Crippen LogP contribution in [0.1, 0.15) is 0 Å². The molecular formula is C15H11N3O3S. The van der Waals surface area contributed by atoms with Gasteiger partial charge in [0.25, 0.3) is 0 Å². The average molecular weight is 313 g/mol. The molecule has 3 aromatic rings. The van der Waals surface area contributed by atoms with E-state index in [2.05, 4.69) is 15.6 Å². The highest BCUT2D eigenvalue weighted by Crippen LogP contribution is 2.25. The van der Waals surface area contributed by atoms with Crippen molar-refractivity contribution in [2.45, 2.75) is 0 Å². The number of carbonyl (C=O) groups is 2. The number of anilines is 2. The summed E-state index contributed by atoms with van der Waals surface area (Å²) in [5, 5.41) is 14.4. The molecular weight excluding hydrogens is 302 g/mol. The Balaban J connectivity index is 1.68. The predicted octanol–water partition coefficient (Wildman–Crippen LogP) is 2.58. The van der Waals surface area contributed by atoms with Crippen molar-refractivity contribution in [3.05, 3.63) is 48.5 Å². The maximum Gasteiger partial charge on any atom is 0.315 e. The smallest absolute Gasteiger partial charge is 0.315 e. The molecule has 0 saturated carbocycles. The minimum atomic E-state index is -0.801. The first-order valence-electron chi connectivity index (χ1n) is 6.39. The molecule has 110 valence electrons. The van der Waals surface area contributed by atoms with Gasteiger partial charge in [-0.2, -0.15) is 0 Å². The summed E-state index contributed by atoms with van der Waals surface area (Å²) >= 11 is 1.30. The van der Waals surface area contributed by atoms with E-state index in [0.717, 1.165) is 10.2 Å². The largest absolute Gasteiger partial charge is 0.508 e. The number of benzene rings is 2. The molecule has 7 heteroatoms.